The SMILES string of the molecule is CC(C)(C)OC(=O)NC1=N[C@](C)(c2nc(Br)ccc2F)CS2(=O)=NCCC[C@@]12C. The van der Waals surface area contributed by atoms with Crippen LogP contribution in [-0.2, 0) is 20.0 Å². The Bertz CT molecular complexity index is 1000. The number of halogens is 2. The van der Waals surface area contributed by atoms with Gasteiger partial charge in [0.15, 0.2) is 0 Å². The third-order valence-corrected chi connectivity index (χ3v) is 8.89. The third-order valence-electron chi connectivity index (χ3n) is 5.09. The second kappa shape index (κ2) is 7.30. The molecule has 0 saturated carbocycles. The Hall–Kier alpha value is -1.55. The highest BCUT2D eigenvalue weighted by atomic mass is 79.9. The lowest BCUT2D eigenvalue weighted by atomic mass is 9.96. The summed E-state index contributed by atoms with van der Waals surface area (Å²) in [6, 6.07) is 2.77. The number of aliphatic imine (C=N–C) groups is 1. The number of carbonyl (C=O) groups is 1. The van der Waals surface area contributed by atoms with Crippen LogP contribution in [0.1, 0.15) is 53.2 Å². The molecule has 29 heavy (non-hydrogen) atoms. The largest absolute Gasteiger partial charge is 0.444 e. The first kappa shape index (κ1) is 22.1. The van der Waals surface area contributed by atoms with Crippen molar-refractivity contribution in [2.75, 3.05) is 12.3 Å². The number of aromatic nitrogens is 1. The number of hydrogen-bond acceptors (Lipinski definition) is 6. The fraction of sp³-hybridized carbons (Fsp3) is 0.632. The highest BCUT2D eigenvalue weighted by molar-refractivity contribution is 9.10. The summed E-state index contributed by atoms with van der Waals surface area (Å²) in [5, 5.41) is 2.69. The molecule has 0 aliphatic carbocycles. The molecule has 0 saturated heterocycles. The maximum absolute atomic E-state index is 14.7. The van der Waals surface area contributed by atoms with Crippen molar-refractivity contribution in [3.05, 3.63) is 28.2 Å². The van der Waals surface area contributed by atoms with E-state index in [0.717, 1.165) is 6.42 Å². The van der Waals surface area contributed by atoms with E-state index in [1.165, 1.54) is 12.1 Å². The maximum Gasteiger partial charge on any atom is 0.413 e. The minimum absolute atomic E-state index is 0.0242. The monoisotopic (exact) mass is 488 g/mol. The van der Waals surface area contributed by atoms with Crippen molar-refractivity contribution in [2.24, 2.45) is 9.36 Å². The normalized spacial score (nSPS) is 31.9. The number of rotatable bonds is 1. The highest BCUT2D eigenvalue weighted by Gasteiger charge is 2.53. The topological polar surface area (TPSA) is 93.0 Å². The number of carbonyl (C=O) groups excluding carboxylic acids is 1. The first-order valence-electron chi connectivity index (χ1n) is 9.41. The van der Waals surface area contributed by atoms with Gasteiger partial charge >= 0.3 is 6.09 Å². The molecular weight excluding hydrogens is 463 g/mol. The van der Waals surface area contributed by atoms with E-state index in [1.54, 1.807) is 34.6 Å². The second-order valence-electron chi connectivity index (χ2n) is 8.80. The standard InChI is InChI=1S/C19H26BrFN4O3S/c1-17(2,3)28-16(26)24-15-19(5)9-6-10-22-29(19,27)11-18(4,25-15)14-12(21)7-8-13(20)23-14/h7-8H,6,9-11H2,1-5H3,(H,24,25,26)/t18-,19-,29?/m0/s1. The summed E-state index contributed by atoms with van der Waals surface area (Å²) >= 11 is 3.26. The number of nitrogens with one attached hydrogen (secondary N) is 1. The van der Waals surface area contributed by atoms with Crippen LogP contribution in [0.25, 0.3) is 0 Å². The zero-order chi connectivity index (χ0) is 21.7. The van der Waals surface area contributed by atoms with Crippen LogP contribution >= 0.6 is 15.9 Å². The van der Waals surface area contributed by atoms with Crippen LogP contribution in [0.15, 0.2) is 26.1 Å². The van der Waals surface area contributed by atoms with Crippen molar-refractivity contribution in [1.29, 1.82) is 0 Å². The number of nitrogens with zero attached hydrogens (tertiary/aromatic N) is 3. The number of amides is 1. The molecule has 10 heteroatoms. The highest BCUT2D eigenvalue weighted by Crippen LogP contribution is 2.42. The van der Waals surface area contributed by atoms with Crippen molar-refractivity contribution in [2.45, 2.75) is 63.3 Å². The Kier molecular flexibility index (Phi) is 5.57. The Morgan fingerprint density at radius 3 is 2.69 bits per heavy atom. The summed E-state index contributed by atoms with van der Waals surface area (Å²) in [6.45, 7) is 9.16. The molecule has 0 spiro atoms. The Morgan fingerprint density at radius 1 is 1.34 bits per heavy atom. The van der Waals surface area contributed by atoms with Gasteiger partial charge in [0.25, 0.3) is 0 Å². The van der Waals surface area contributed by atoms with E-state index < -0.39 is 37.5 Å². The van der Waals surface area contributed by atoms with Gasteiger partial charge in [0.2, 0.25) is 0 Å². The summed E-state index contributed by atoms with van der Waals surface area (Å²) in [5.74, 6) is -0.329. The van der Waals surface area contributed by atoms with Crippen LogP contribution in [0.4, 0.5) is 9.18 Å². The van der Waals surface area contributed by atoms with Gasteiger partial charge in [0.1, 0.15) is 37.8 Å². The molecule has 0 aromatic carbocycles. The van der Waals surface area contributed by atoms with E-state index in [0.29, 0.717) is 17.6 Å². The van der Waals surface area contributed by atoms with Crippen molar-refractivity contribution in [3.8, 4) is 0 Å². The van der Waals surface area contributed by atoms with Gasteiger partial charge in [0.05, 0.1) is 15.5 Å². The predicted octanol–water partition coefficient (Wildman–Crippen LogP) is 4.16. The summed E-state index contributed by atoms with van der Waals surface area (Å²) < 4.78 is 37.9. The third kappa shape index (κ3) is 4.19. The zero-order valence-corrected chi connectivity index (χ0v) is 19.6. The second-order valence-corrected chi connectivity index (χ2v) is 12.3. The molecule has 1 unspecified atom stereocenters. The fourth-order valence-corrected chi connectivity index (χ4v) is 6.91. The first-order valence-corrected chi connectivity index (χ1v) is 11.9. The van der Waals surface area contributed by atoms with Crippen molar-refractivity contribution in [1.82, 2.24) is 10.3 Å². The molecule has 0 fully saturated rings. The summed E-state index contributed by atoms with van der Waals surface area (Å²) in [5.41, 5.74) is -1.91. The summed E-state index contributed by atoms with van der Waals surface area (Å²) in [7, 11) is -2.85. The summed E-state index contributed by atoms with van der Waals surface area (Å²) in [6.07, 6.45) is 0.577. The smallest absolute Gasteiger partial charge is 0.413 e. The summed E-state index contributed by atoms with van der Waals surface area (Å²) in [4.78, 5) is 21.4. The molecule has 7 nitrogen and oxygen atoms in total. The quantitative estimate of drug-likeness (QED) is 0.600. The van der Waals surface area contributed by atoms with E-state index in [-0.39, 0.29) is 17.3 Å². The maximum atomic E-state index is 14.7. The van der Waals surface area contributed by atoms with Gasteiger partial charge in [-0.25, -0.2) is 22.7 Å². The lowest BCUT2D eigenvalue weighted by Gasteiger charge is -2.44. The van der Waals surface area contributed by atoms with Crippen molar-refractivity contribution in [3.63, 3.8) is 0 Å². The fourth-order valence-electron chi connectivity index (χ4n) is 3.66. The van der Waals surface area contributed by atoms with Crippen molar-refractivity contribution < 1.29 is 18.1 Å². The molecule has 3 heterocycles. The zero-order valence-electron chi connectivity index (χ0n) is 17.2. The van der Waals surface area contributed by atoms with Crippen LogP contribution in [-0.4, -0.2) is 43.8 Å². The van der Waals surface area contributed by atoms with Gasteiger partial charge in [-0.2, -0.15) is 0 Å². The molecule has 0 bridgehead atoms. The van der Waals surface area contributed by atoms with Crippen LogP contribution in [0.5, 0.6) is 0 Å². The molecular formula is C19H26BrFN4O3S. The molecule has 160 valence electrons. The van der Waals surface area contributed by atoms with E-state index in [4.69, 9.17) is 9.73 Å². The minimum Gasteiger partial charge on any atom is -0.444 e. The lowest BCUT2D eigenvalue weighted by molar-refractivity contribution is 0.0560. The van der Waals surface area contributed by atoms with E-state index in [2.05, 4.69) is 30.6 Å². The Labute approximate surface area is 179 Å². The Morgan fingerprint density at radius 2 is 2.03 bits per heavy atom. The van der Waals surface area contributed by atoms with E-state index >= 15 is 0 Å². The molecule has 2 aliphatic rings. The number of alkyl carbamates (subject to hydrolysis) is 1. The molecule has 0 radical (unpaired) electrons. The molecule has 1 amide bonds. The van der Waals surface area contributed by atoms with Crippen LogP contribution in [0.2, 0.25) is 0 Å². The predicted molar refractivity (Wildman–Crippen MR) is 114 cm³/mol. The van der Waals surface area contributed by atoms with Crippen LogP contribution in [0, 0.1) is 5.82 Å². The first-order chi connectivity index (χ1) is 13.3. The average Bonchev–Trinajstić information content (AvgIpc) is 2.56. The molecule has 1 aromatic rings. The molecule has 3 atom stereocenters. The van der Waals surface area contributed by atoms with E-state index in [1.807, 2.05) is 0 Å². The minimum atomic E-state index is -2.85. The van der Waals surface area contributed by atoms with Crippen molar-refractivity contribution >= 4 is 37.6 Å². The molecule has 1 N–H and O–H groups in total. The number of hydrogen-bond donors (Lipinski definition) is 1. The average molecular weight is 489 g/mol. The lowest BCUT2D eigenvalue weighted by Crippen LogP contribution is -2.60. The number of pyridine rings is 1. The Balaban J connectivity index is 2.15. The molecule has 1 aromatic heterocycles. The number of amidine groups is 1. The van der Waals surface area contributed by atoms with E-state index in [9.17, 15) is 13.4 Å². The number of fused-ring (bicyclic) bond motifs is 1. The van der Waals surface area contributed by atoms with Gasteiger partial charge in [0, 0.05) is 6.54 Å². The van der Waals surface area contributed by atoms with Gasteiger partial charge in [-0.05, 0) is 75.5 Å². The number of ether oxygens (including phenoxy) is 1. The molecule has 2 aliphatic heterocycles. The van der Waals surface area contributed by atoms with Gasteiger partial charge in [-0.1, -0.05) is 0 Å². The van der Waals surface area contributed by atoms with Crippen LogP contribution in [0.3, 0.4) is 0 Å². The van der Waals surface area contributed by atoms with Gasteiger partial charge < -0.3 is 4.74 Å². The van der Waals surface area contributed by atoms with Gasteiger partial charge in [-0.3, -0.25) is 10.3 Å². The molecule has 3 rings (SSSR count). The van der Waals surface area contributed by atoms with Crippen LogP contribution < -0.4 is 5.32 Å². The van der Waals surface area contributed by atoms with Gasteiger partial charge in [-0.15, -0.1) is 0 Å².